The van der Waals surface area contributed by atoms with Crippen LogP contribution in [0.2, 0.25) is 0 Å². The van der Waals surface area contributed by atoms with Gasteiger partial charge in [-0.15, -0.1) is 0 Å². The SMILES string of the molecule is C=C(/C=C\N=C(C)CCC)CC. The van der Waals surface area contributed by atoms with E-state index in [1.54, 1.807) is 0 Å². The molecule has 12 heavy (non-hydrogen) atoms. The topological polar surface area (TPSA) is 12.4 Å². The molecule has 0 aromatic heterocycles. The van der Waals surface area contributed by atoms with E-state index in [1.165, 1.54) is 5.71 Å². The molecule has 0 heterocycles. The van der Waals surface area contributed by atoms with Gasteiger partial charge in [0.2, 0.25) is 0 Å². The van der Waals surface area contributed by atoms with Crippen LogP contribution in [0.1, 0.15) is 40.0 Å². The lowest BCUT2D eigenvalue weighted by Crippen LogP contribution is -1.87. The summed E-state index contributed by atoms with van der Waals surface area (Å²) in [4.78, 5) is 4.28. The van der Waals surface area contributed by atoms with Crippen molar-refractivity contribution in [1.29, 1.82) is 0 Å². The first-order valence-corrected chi connectivity index (χ1v) is 4.58. The highest BCUT2D eigenvalue weighted by molar-refractivity contribution is 5.82. The molecule has 0 aliphatic carbocycles. The van der Waals surface area contributed by atoms with Gasteiger partial charge >= 0.3 is 0 Å². The Labute approximate surface area is 75.9 Å². The van der Waals surface area contributed by atoms with Gasteiger partial charge in [-0.1, -0.05) is 32.4 Å². The van der Waals surface area contributed by atoms with Gasteiger partial charge in [0.25, 0.3) is 0 Å². The Hall–Kier alpha value is -0.850. The smallest absolute Gasteiger partial charge is 0.0269 e. The Bertz CT molecular complexity index is 187. The molecule has 0 atom stereocenters. The molecule has 0 rings (SSSR count). The van der Waals surface area contributed by atoms with E-state index in [0.29, 0.717) is 0 Å². The lowest BCUT2D eigenvalue weighted by atomic mass is 10.2. The number of hydrogen-bond acceptors (Lipinski definition) is 1. The third kappa shape index (κ3) is 5.90. The highest BCUT2D eigenvalue weighted by atomic mass is 14.7. The quantitative estimate of drug-likeness (QED) is 0.435. The minimum atomic E-state index is 0.999. The number of allylic oxidation sites excluding steroid dienone is 2. The molecule has 0 fully saturated rings. The maximum Gasteiger partial charge on any atom is 0.0269 e. The molecule has 0 aromatic rings. The van der Waals surface area contributed by atoms with Gasteiger partial charge in [0, 0.05) is 11.9 Å². The molecule has 0 saturated heterocycles. The molecule has 68 valence electrons. The minimum absolute atomic E-state index is 0.999. The Kier molecular flexibility index (Phi) is 6.35. The van der Waals surface area contributed by atoms with Crippen LogP contribution in [-0.2, 0) is 0 Å². The molecule has 0 saturated carbocycles. The van der Waals surface area contributed by atoms with E-state index in [0.717, 1.165) is 24.8 Å². The summed E-state index contributed by atoms with van der Waals surface area (Å²) in [5.74, 6) is 0. The van der Waals surface area contributed by atoms with E-state index in [9.17, 15) is 0 Å². The van der Waals surface area contributed by atoms with Crippen molar-refractivity contribution in [3.05, 3.63) is 24.4 Å². The fourth-order valence-corrected chi connectivity index (χ4v) is 0.814. The van der Waals surface area contributed by atoms with Crippen LogP contribution < -0.4 is 0 Å². The molecule has 1 nitrogen and oxygen atoms in total. The van der Waals surface area contributed by atoms with Crippen molar-refractivity contribution in [2.24, 2.45) is 4.99 Å². The summed E-state index contributed by atoms with van der Waals surface area (Å²) in [5.41, 5.74) is 2.32. The first-order chi connectivity index (χ1) is 5.70. The second-order valence-electron chi connectivity index (χ2n) is 2.94. The zero-order valence-electron chi connectivity index (χ0n) is 8.43. The fourth-order valence-electron chi connectivity index (χ4n) is 0.814. The monoisotopic (exact) mass is 165 g/mol. The average Bonchev–Trinajstić information content (AvgIpc) is 2.04. The molecule has 0 aliphatic rings. The van der Waals surface area contributed by atoms with Crippen LogP contribution in [0.25, 0.3) is 0 Å². The molecular formula is C11H19N. The Morgan fingerprint density at radius 1 is 1.42 bits per heavy atom. The van der Waals surface area contributed by atoms with Crippen LogP contribution in [-0.4, -0.2) is 5.71 Å². The number of hydrogen-bond donors (Lipinski definition) is 0. The van der Waals surface area contributed by atoms with Gasteiger partial charge in [-0.2, -0.15) is 0 Å². The van der Waals surface area contributed by atoms with Gasteiger partial charge in [0.05, 0.1) is 0 Å². The maximum absolute atomic E-state index is 4.28. The molecule has 0 aliphatic heterocycles. The highest BCUT2D eigenvalue weighted by Gasteiger charge is 1.85. The maximum atomic E-state index is 4.28. The van der Waals surface area contributed by atoms with Crippen molar-refractivity contribution in [2.75, 3.05) is 0 Å². The summed E-state index contributed by atoms with van der Waals surface area (Å²) in [6.07, 6.45) is 7.07. The first kappa shape index (κ1) is 11.2. The zero-order valence-corrected chi connectivity index (χ0v) is 8.43. The van der Waals surface area contributed by atoms with E-state index in [2.05, 4.69) is 32.3 Å². The van der Waals surface area contributed by atoms with Gasteiger partial charge < -0.3 is 0 Å². The Morgan fingerprint density at radius 3 is 2.58 bits per heavy atom. The van der Waals surface area contributed by atoms with Crippen molar-refractivity contribution < 1.29 is 0 Å². The zero-order chi connectivity index (χ0) is 9.40. The van der Waals surface area contributed by atoms with Crippen LogP contribution in [0.15, 0.2) is 29.4 Å². The average molecular weight is 165 g/mol. The highest BCUT2D eigenvalue weighted by Crippen LogP contribution is 1.99. The van der Waals surface area contributed by atoms with Crippen LogP contribution in [0.4, 0.5) is 0 Å². The molecule has 0 bridgehead atoms. The Morgan fingerprint density at radius 2 is 2.08 bits per heavy atom. The lowest BCUT2D eigenvalue weighted by molar-refractivity contribution is 0.987. The van der Waals surface area contributed by atoms with Crippen molar-refractivity contribution in [1.82, 2.24) is 0 Å². The molecule has 0 amide bonds. The number of aliphatic imine (C=N–C) groups is 1. The molecule has 0 N–H and O–H groups in total. The second-order valence-corrected chi connectivity index (χ2v) is 2.94. The van der Waals surface area contributed by atoms with Crippen LogP contribution in [0.3, 0.4) is 0 Å². The summed E-state index contributed by atoms with van der Waals surface area (Å²) in [5, 5.41) is 0. The molecule has 0 spiro atoms. The predicted molar refractivity (Wildman–Crippen MR) is 56.6 cm³/mol. The van der Waals surface area contributed by atoms with Gasteiger partial charge in [-0.25, -0.2) is 0 Å². The lowest BCUT2D eigenvalue weighted by Gasteiger charge is -1.93. The Balaban J connectivity index is 3.85. The van der Waals surface area contributed by atoms with Gasteiger partial charge in [-0.05, 0) is 25.8 Å². The van der Waals surface area contributed by atoms with Crippen molar-refractivity contribution >= 4 is 5.71 Å². The summed E-state index contributed by atoms with van der Waals surface area (Å²) in [6, 6.07) is 0. The number of rotatable bonds is 5. The predicted octanol–water partition coefficient (Wildman–Crippen LogP) is 3.73. The largest absolute Gasteiger partial charge is 0.266 e. The van der Waals surface area contributed by atoms with Gasteiger partial charge in [0.15, 0.2) is 0 Å². The molecular weight excluding hydrogens is 146 g/mol. The summed E-state index contributed by atoms with van der Waals surface area (Å²) in [7, 11) is 0. The van der Waals surface area contributed by atoms with E-state index < -0.39 is 0 Å². The van der Waals surface area contributed by atoms with E-state index in [1.807, 2.05) is 12.3 Å². The fraction of sp³-hybridized carbons (Fsp3) is 0.545. The molecule has 0 aromatic carbocycles. The third-order valence-electron chi connectivity index (χ3n) is 1.67. The van der Waals surface area contributed by atoms with Gasteiger partial charge in [-0.3, -0.25) is 4.99 Å². The van der Waals surface area contributed by atoms with Crippen molar-refractivity contribution in [3.63, 3.8) is 0 Å². The van der Waals surface area contributed by atoms with Gasteiger partial charge in [0.1, 0.15) is 0 Å². The third-order valence-corrected chi connectivity index (χ3v) is 1.67. The summed E-state index contributed by atoms with van der Waals surface area (Å²) < 4.78 is 0. The first-order valence-electron chi connectivity index (χ1n) is 4.58. The molecule has 0 radical (unpaired) electrons. The standard InChI is InChI=1S/C11H19N/c1-5-7-11(4)12-9-8-10(3)6-2/h8-9H,3,5-7H2,1-2,4H3/b9-8-,12-11?. The second kappa shape index (κ2) is 6.84. The van der Waals surface area contributed by atoms with Crippen LogP contribution in [0.5, 0.6) is 0 Å². The summed E-state index contributed by atoms with van der Waals surface area (Å²) >= 11 is 0. The van der Waals surface area contributed by atoms with E-state index in [4.69, 9.17) is 0 Å². The van der Waals surface area contributed by atoms with E-state index in [-0.39, 0.29) is 0 Å². The molecule has 0 unspecified atom stereocenters. The summed E-state index contributed by atoms with van der Waals surface area (Å²) in [6.45, 7) is 10.2. The van der Waals surface area contributed by atoms with Crippen LogP contribution in [0, 0.1) is 0 Å². The normalized spacial score (nSPS) is 12.4. The van der Waals surface area contributed by atoms with Crippen LogP contribution >= 0.6 is 0 Å². The van der Waals surface area contributed by atoms with E-state index >= 15 is 0 Å². The number of nitrogens with zero attached hydrogens (tertiary/aromatic N) is 1. The van der Waals surface area contributed by atoms with Crippen molar-refractivity contribution in [3.8, 4) is 0 Å². The minimum Gasteiger partial charge on any atom is -0.266 e. The van der Waals surface area contributed by atoms with Crippen molar-refractivity contribution in [2.45, 2.75) is 40.0 Å². The molecule has 1 heteroatoms.